The summed E-state index contributed by atoms with van der Waals surface area (Å²) in [5, 5.41) is 0.794. The molecule has 3 nitrogen and oxygen atoms in total. The Hall–Kier alpha value is -0.610. The third kappa shape index (κ3) is 3.98. The quantitative estimate of drug-likeness (QED) is 0.498. The Bertz CT molecular complexity index is 439. The normalized spacial score (nSPS) is 20.2. The molecule has 0 saturated heterocycles. The Kier molecular flexibility index (Phi) is 6.06. The Morgan fingerprint density at radius 2 is 1.90 bits per heavy atom. The van der Waals surface area contributed by atoms with Gasteiger partial charge in [0.25, 0.3) is 0 Å². The second-order valence-corrected chi connectivity index (χ2v) is 6.90. The van der Waals surface area contributed by atoms with E-state index in [0.29, 0.717) is 0 Å². The third-order valence-electron chi connectivity index (χ3n) is 5.04. The van der Waals surface area contributed by atoms with Crippen molar-refractivity contribution in [3.05, 3.63) is 34.9 Å². The molecule has 118 valence electrons. The average Bonchev–Trinajstić information content (AvgIpc) is 2.71. The van der Waals surface area contributed by atoms with Gasteiger partial charge in [0, 0.05) is 16.6 Å². The zero-order chi connectivity index (χ0) is 15.3. The number of rotatable bonds is 5. The average molecular weight is 310 g/mol. The highest BCUT2D eigenvalue weighted by molar-refractivity contribution is 6.30. The molecule has 3 N–H and O–H groups in total. The Balaban J connectivity index is 2.23. The number of nitrogens with two attached hydrogens (primary N) is 1. The van der Waals surface area contributed by atoms with Gasteiger partial charge in [-0.05, 0) is 51.1 Å². The van der Waals surface area contributed by atoms with E-state index in [0.717, 1.165) is 11.4 Å². The summed E-state index contributed by atoms with van der Waals surface area (Å²) in [5.41, 5.74) is 4.48. The van der Waals surface area contributed by atoms with Crippen LogP contribution in [0.4, 0.5) is 0 Å². The van der Waals surface area contributed by atoms with Crippen molar-refractivity contribution < 1.29 is 0 Å². The minimum Gasteiger partial charge on any atom is -0.302 e. The van der Waals surface area contributed by atoms with E-state index in [1.54, 1.807) is 0 Å². The molecule has 2 rings (SSSR count). The predicted molar refractivity (Wildman–Crippen MR) is 90.4 cm³/mol. The van der Waals surface area contributed by atoms with Crippen LogP contribution < -0.4 is 11.3 Å². The van der Waals surface area contributed by atoms with Gasteiger partial charge in [0.15, 0.2) is 0 Å². The standard InChI is InChI=1S/C17H28ClN3/c1-21(2)17(10-5-3-4-6-11-17)16(20-19)13-14-8-7-9-15(18)12-14/h7-9,12,16,20H,3-6,10-11,13,19H2,1-2H3. The summed E-state index contributed by atoms with van der Waals surface area (Å²) in [4.78, 5) is 2.38. The monoisotopic (exact) mass is 309 g/mol. The molecule has 1 saturated carbocycles. The molecule has 0 radical (unpaired) electrons. The van der Waals surface area contributed by atoms with Gasteiger partial charge in [0.1, 0.15) is 0 Å². The number of nitrogens with one attached hydrogen (secondary N) is 1. The maximum absolute atomic E-state index is 6.12. The number of hydrogen-bond acceptors (Lipinski definition) is 3. The fraction of sp³-hybridized carbons (Fsp3) is 0.647. The Labute approximate surface area is 133 Å². The number of benzene rings is 1. The van der Waals surface area contributed by atoms with Gasteiger partial charge < -0.3 is 4.90 Å². The van der Waals surface area contributed by atoms with E-state index < -0.39 is 0 Å². The number of halogens is 1. The Morgan fingerprint density at radius 1 is 1.24 bits per heavy atom. The first-order valence-corrected chi connectivity index (χ1v) is 8.34. The number of likely N-dealkylation sites (N-methyl/N-ethyl adjacent to an activating group) is 1. The summed E-state index contributed by atoms with van der Waals surface area (Å²) in [6.45, 7) is 0. The smallest absolute Gasteiger partial charge is 0.0434 e. The summed E-state index contributed by atoms with van der Waals surface area (Å²) in [6.07, 6.45) is 8.56. The first-order valence-electron chi connectivity index (χ1n) is 7.96. The molecule has 1 fully saturated rings. The highest BCUT2D eigenvalue weighted by Gasteiger charge is 2.40. The van der Waals surface area contributed by atoms with Crippen LogP contribution in [-0.4, -0.2) is 30.6 Å². The van der Waals surface area contributed by atoms with E-state index in [9.17, 15) is 0 Å². The van der Waals surface area contributed by atoms with E-state index in [1.165, 1.54) is 44.1 Å². The minimum atomic E-state index is 0.133. The Morgan fingerprint density at radius 3 is 2.43 bits per heavy atom. The van der Waals surface area contributed by atoms with Gasteiger partial charge in [-0.2, -0.15) is 0 Å². The van der Waals surface area contributed by atoms with Crippen molar-refractivity contribution in [2.45, 2.75) is 56.5 Å². The molecule has 0 heterocycles. The van der Waals surface area contributed by atoms with Crippen molar-refractivity contribution in [3.8, 4) is 0 Å². The molecule has 1 aromatic carbocycles. The number of hydrogen-bond donors (Lipinski definition) is 2. The van der Waals surface area contributed by atoms with Crippen LogP contribution in [0.1, 0.15) is 44.1 Å². The first kappa shape index (κ1) is 16.8. The van der Waals surface area contributed by atoms with Gasteiger partial charge in [-0.1, -0.05) is 49.4 Å². The summed E-state index contributed by atoms with van der Waals surface area (Å²) in [7, 11) is 4.38. The second-order valence-electron chi connectivity index (χ2n) is 6.47. The van der Waals surface area contributed by atoms with Crippen LogP contribution in [0.15, 0.2) is 24.3 Å². The first-order chi connectivity index (χ1) is 10.1. The third-order valence-corrected chi connectivity index (χ3v) is 5.27. The topological polar surface area (TPSA) is 41.3 Å². The summed E-state index contributed by atoms with van der Waals surface area (Å²) in [5.74, 6) is 5.95. The van der Waals surface area contributed by atoms with Crippen molar-refractivity contribution in [1.82, 2.24) is 10.3 Å². The summed E-state index contributed by atoms with van der Waals surface area (Å²) in [6, 6.07) is 8.36. The molecule has 21 heavy (non-hydrogen) atoms. The molecular formula is C17H28ClN3. The van der Waals surface area contributed by atoms with Crippen LogP contribution in [0.3, 0.4) is 0 Å². The molecule has 1 aromatic rings. The van der Waals surface area contributed by atoms with Gasteiger partial charge in [-0.3, -0.25) is 11.3 Å². The van der Waals surface area contributed by atoms with Crippen LogP contribution in [0, 0.1) is 0 Å². The van der Waals surface area contributed by atoms with Gasteiger partial charge >= 0.3 is 0 Å². The highest BCUT2D eigenvalue weighted by Crippen LogP contribution is 2.35. The van der Waals surface area contributed by atoms with Gasteiger partial charge in [-0.25, -0.2) is 0 Å². The maximum Gasteiger partial charge on any atom is 0.0434 e. The van der Waals surface area contributed by atoms with Crippen LogP contribution >= 0.6 is 11.6 Å². The fourth-order valence-electron chi connectivity index (χ4n) is 3.75. The predicted octanol–water partition coefficient (Wildman–Crippen LogP) is 3.37. The van der Waals surface area contributed by atoms with Crippen LogP contribution in [0.25, 0.3) is 0 Å². The lowest BCUT2D eigenvalue weighted by Gasteiger charge is -2.45. The molecule has 1 atom stereocenters. The zero-order valence-electron chi connectivity index (χ0n) is 13.2. The highest BCUT2D eigenvalue weighted by atomic mass is 35.5. The fourth-order valence-corrected chi connectivity index (χ4v) is 3.96. The van der Waals surface area contributed by atoms with Crippen LogP contribution in [-0.2, 0) is 6.42 Å². The lowest BCUT2D eigenvalue weighted by atomic mass is 9.79. The maximum atomic E-state index is 6.12. The van der Waals surface area contributed by atoms with Gasteiger partial charge in [0.2, 0.25) is 0 Å². The molecular weight excluding hydrogens is 282 g/mol. The van der Waals surface area contributed by atoms with Crippen molar-refractivity contribution in [1.29, 1.82) is 0 Å². The molecule has 1 aliphatic carbocycles. The molecule has 1 aliphatic rings. The molecule has 4 heteroatoms. The van der Waals surface area contributed by atoms with E-state index in [2.05, 4.69) is 30.5 Å². The molecule has 1 unspecified atom stereocenters. The minimum absolute atomic E-state index is 0.133. The van der Waals surface area contributed by atoms with Gasteiger partial charge in [-0.15, -0.1) is 0 Å². The van der Waals surface area contributed by atoms with Crippen molar-refractivity contribution in [2.75, 3.05) is 14.1 Å². The van der Waals surface area contributed by atoms with E-state index in [1.807, 2.05) is 18.2 Å². The zero-order valence-corrected chi connectivity index (χ0v) is 14.0. The molecule has 0 aliphatic heterocycles. The molecule has 0 bridgehead atoms. The van der Waals surface area contributed by atoms with Crippen molar-refractivity contribution in [2.24, 2.45) is 5.84 Å². The van der Waals surface area contributed by atoms with Crippen molar-refractivity contribution in [3.63, 3.8) is 0 Å². The lowest BCUT2D eigenvalue weighted by Crippen LogP contribution is -2.61. The summed E-state index contributed by atoms with van der Waals surface area (Å²) >= 11 is 6.12. The van der Waals surface area contributed by atoms with Crippen LogP contribution in [0.2, 0.25) is 5.02 Å². The lowest BCUT2D eigenvalue weighted by molar-refractivity contribution is 0.0802. The summed E-state index contributed by atoms with van der Waals surface area (Å²) < 4.78 is 0. The van der Waals surface area contributed by atoms with E-state index >= 15 is 0 Å². The van der Waals surface area contributed by atoms with Crippen LogP contribution in [0.5, 0.6) is 0 Å². The van der Waals surface area contributed by atoms with E-state index in [4.69, 9.17) is 17.4 Å². The molecule has 0 spiro atoms. The number of nitrogens with zero attached hydrogens (tertiary/aromatic N) is 1. The SMILES string of the molecule is CN(C)C1(C(Cc2cccc(Cl)c2)NN)CCCCCC1. The van der Waals surface area contributed by atoms with Gasteiger partial charge in [0.05, 0.1) is 0 Å². The molecule has 0 amide bonds. The number of hydrazine groups is 1. The molecule has 0 aromatic heterocycles. The second kappa shape index (κ2) is 7.59. The van der Waals surface area contributed by atoms with E-state index in [-0.39, 0.29) is 11.6 Å². The van der Waals surface area contributed by atoms with Crippen molar-refractivity contribution >= 4 is 11.6 Å². The largest absolute Gasteiger partial charge is 0.302 e.